The largest absolute Gasteiger partial charge is 0.396 e. The molecule has 0 spiro atoms. The molecule has 0 saturated carbocycles. The zero-order valence-electron chi connectivity index (χ0n) is 20.7. The van der Waals surface area contributed by atoms with Crippen LogP contribution in [0.1, 0.15) is 29.9 Å². The maximum absolute atomic E-state index is 9.69. The Kier molecular flexibility index (Phi) is 5.38. The van der Waals surface area contributed by atoms with Gasteiger partial charge in [-0.3, -0.25) is 0 Å². The van der Waals surface area contributed by atoms with Gasteiger partial charge < -0.3 is 5.11 Å². The molecule has 1 aliphatic rings. The van der Waals surface area contributed by atoms with Crippen LogP contribution >= 0.6 is 0 Å². The van der Waals surface area contributed by atoms with E-state index in [9.17, 15) is 5.11 Å². The molecule has 37 heavy (non-hydrogen) atoms. The van der Waals surface area contributed by atoms with E-state index >= 15 is 0 Å². The van der Waals surface area contributed by atoms with Gasteiger partial charge in [-0.05, 0) is 103 Å². The van der Waals surface area contributed by atoms with Gasteiger partial charge in [-0.15, -0.1) is 0 Å². The molecule has 6 aromatic carbocycles. The van der Waals surface area contributed by atoms with Gasteiger partial charge in [-0.25, -0.2) is 0 Å². The summed E-state index contributed by atoms with van der Waals surface area (Å²) in [6.45, 7) is 0.218. The summed E-state index contributed by atoms with van der Waals surface area (Å²) in [5.41, 5.74) is 10.4. The molecule has 0 bridgehead atoms. The Hall–Kier alpha value is -4.20. The molecular formula is C36H28O. The number of aliphatic hydroxyl groups is 1. The van der Waals surface area contributed by atoms with Crippen molar-refractivity contribution in [2.24, 2.45) is 0 Å². The Bertz CT molecular complexity index is 1650. The smallest absolute Gasteiger partial charge is 0.0431 e. The van der Waals surface area contributed by atoms with Crippen LogP contribution in [0.3, 0.4) is 0 Å². The minimum atomic E-state index is 0.218. The van der Waals surface area contributed by atoms with E-state index in [1.807, 2.05) is 0 Å². The van der Waals surface area contributed by atoms with Crippen LogP contribution in [0, 0.1) is 0 Å². The minimum absolute atomic E-state index is 0.218. The molecule has 1 N–H and O–H groups in total. The van der Waals surface area contributed by atoms with Crippen molar-refractivity contribution < 1.29 is 5.11 Å². The van der Waals surface area contributed by atoms with Gasteiger partial charge in [0.1, 0.15) is 0 Å². The zero-order valence-corrected chi connectivity index (χ0v) is 20.7. The second kappa shape index (κ2) is 9.03. The lowest BCUT2D eigenvalue weighted by atomic mass is 9.89. The maximum atomic E-state index is 9.69. The van der Waals surface area contributed by atoms with Gasteiger partial charge in [0, 0.05) is 12.5 Å². The van der Waals surface area contributed by atoms with Gasteiger partial charge in [0.15, 0.2) is 0 Å². The number of rotatable bonds is 5. The van der Waals surface area contributed by atoms with Gasteiger partial charge >= 0.3 is 0 Å². The van der Waals surface area contributed by atoms with E-state index in [1.165, 1.54) is 66.1 Å². The summed E-state index contributed by atoms with van der Waals surface area (Å²) in [4.78, 5) is 0. The number of hydrogen-bond donors (Lipinski definition) is 1. The third-order valence-electron chi connectivity index (χ3n) is 7.96. The molecule has 0 fully saturated rings. The molecule has 7 rings (SSSR count). The molecule has 0 radical (unpaired) electrons. The van der Waals surface area contributed by atoms with Crippen LogP contribution in [-0.4, -0.2) is 11.7 Å². The predicted molar refractivity (Wildman–Crippen MR) is 156 cm³/mol. The summed E-state index contributed by atoms with van der Waals surface area (Å²) in [5.74, 6) is 0.290. The quantitative estimate of drug-likeness (QED) is 0.263. The Morgan fingerprint density at radius 3 is 1.38 bits per heavy atom. The van der Waals surface area contributed by atoms with Gasteiger partial charge in [-0.2, -0.15) is 0 Å². The van der Waals surface area contributed by atoms with Crippen LogP contribution in [0.15, 0.2) is 121 Å². The van der Waals surface area contributed by atoms with Gasteiger partial charge in [-0.1, -0.05) is 97.1 Å². The first-order valence-electron chi connectivity index (χ1n) is 13.2. The van der Waals surface area contributed by atoms with Gasteiger partial charge in [0.25, 0.3) is 0 Å². The Balaban J connectivity index is 1.32. The first-order valence-corrected chi connectivity index (χ1v) is 13.2. The van der Waals surface area contributed by atoms with E-state index in [1.54, 1.807) is 0 Å². The zero-order chi connectivity index (χ0) is 24.8. The number of aliphatic hydroxyl groups excluding tert-OH is 1. The second-order valence-corrected chi connectivity index (χ2v) is 10.1. The van der Waals surface area contributed by atoms with Crippen LogP contribution in [0.25, 0.3) is 54.9 Å². The monoisotopic (exact) mass is 476 g/mol. The van der Waals surface area contributed by atoms with Crippen molar-refractivity contribution in [2.75, 3.05) is 6.61 Å². The third-order valence-corrected chi connectivity index (χ3v) is 7.96. The van der Waals surface area contributed by atoms with Crippen molar-refractivity contribution >= 4 is 21.5 Å². The van der Waals surface area contributed by atoms with Crippen molar-refractivity contribution in [2.45, 2.75) is 18.8 Å². The molecular weight excluding hydrogens is 448 g/mol. The first kappa shape index (κ1) is 22.0. The van der Waals surface area contributed by atoms with Crippen LogP contribution in [0.5, 0.6) is 0 Å². The maximum Gasteiger partial charge on any atom is 0.0431 e. The summed E-state index contributed by atoms with van der Waals surface area (Å²) in [5, 5.41) is 14.7. The van der Waals surface area contributed by atoms with E-state index in [0.29, 0.717) is 0 Å². The molecule has 1 heteroatoms. The highest BCUT2D eigenvalue weighted by atomic mass is 16.2. The highest BCUT2D eigenvalue weighted by Gasteiger charge is 2.29. The molecule has 0 unspecified atom stereocenters. The highest BCUT2D eigenvalue weighted by Crippen LogP contribution is 2.49. The first-order chi connectivity index (χ1) is 18.3. The topological polar surface area (TPSA) is 20.2 Å². The molecule has 0 amide bonds. The van der Waals surface area contributed by atoms with Crippen molar-refractivity contribution in [1.29, 1.82) is 0 Å². The average Bonchev–Trinajstić information content (AvgIpc) is 3.27. The fourth-order valence-corrected chi connectivity index (χ4v) is 6.06. The molecule has 6 aromatic rings. The summed E-state index contributed by atoms with van der Waals surface area (Å²) in [6, 6.07) is 44.4. The normalized spacial score (nSPS) is 12.7. The number of fused-ring (bicyclic) bond motifs is 5. The lowest BCUT2D eigenvalue weighted by Gasteiger charge is -2.15. The van der Waals surface area contributed by atoms with E-state index in [4.69, 9.17) is 0 Å². The Morgan fingerprint density at radius 1 is 0.459 bits per heavy atom. The van der Waals surface area contributed by atoms with Crippen molar-refractivity contribution in [3.63, 3.8) is 0 Å². The molecule has 1 aliphatic carbocycles. The van der Waals surface area contributed by atoms with Crippen molar-refractivity contribution in [3.05, 3.63) is 132 Å². The minimum Gasteiger partial charge on any atom is -0.396 e. The summed E-state index contributed by atoms with van der Waals surface area (Å²) in [6.07, 6.45) is 1.74. The number of benzene rings is 6. The Labute approximate surface area is 217 Å². The SMILES string of the molecule is OCCCC1c2cc(-c3ccc4ccccc4c3)ccc2-c2ccc(-c3ccc4ccccc4c3)cc21. The van der Waals surface area contributed by atoms with Crippen LogP contribution < -0.4 is 0 Å². The van der Waals surface area contributed by atoms with E-state index in [2.05, 4.69) is 121 Å². The predicted octanol–water partition coefficient (Wildman–Crippen LogP) is 9.21. The molecule has 0 saturated heterocycles. The highest BCUT2D eigenvalue weighted by molar-refractivity contribution is 5.90. The van der Waals surface area contributed by atoms with Crippen LogP contribution in [0.4, 0.5) is 0 Å². The summed E-state index contributed by atoms with van der Waals surface area (Å²) in [7, 11) is 0. The van der Waals surface area contributed by atoms with Crippen LogP contribution in [-0.2, 0) is 0 Å². The van der Waals surface area contributed by atoms with Gasteiger partial charge in [0.2, 0.25) is 0 Å². The fourth-order valence-electron chi connectivity index (χ4n) is 6.06. The van der Waals surface area contributed by atoms with E-state index < -0.39 is 0 Å². The summed E-state index contributed by atoms with van der Waals surface area (Å²) >= 11 is 0. The van der Waals surface area contributed by atoms with Crippen molar-refractivity contribution in [1.82, 2.24) is 0 Å². The van der Waals surface area contributed by atoms with Crippen molar-refractivity contribution in [3.8, 4) is 33.4 Å². The molecule has 0 atom stereocenters. The van der Waals surface area contributed by atoms with E-state index in [0.717, 1.165) is 12.8 Å². The molecule has 0 heterocycles. The Morgan fingerprint density at radius 2 is 0.892 bits per heavy atom. The van der Waals surface area contributed by atoms with E-state index in [-0.39, 0.29) is 12.5 Å². The lowest BCUT2D eigenvalue weighted by molar-refractivity contribution is 0.282. The van der Waals surface area contributed by atoms with Gasteiger partial charge in [0.05, 0.1) is 0 Å². The molecule has 1 nitrogen and oxygen atoms in total. The standard InChI is InChI=1S/C36H28O/c37-19-5-10-32-35-22-30(28-13-11-24-6-1-3-8-26(24)20-28)15-17-33(35)34-18-16-31(23-36(32)34)29-14-12-25-7-2-4-9-27(25)21-29/h1-4,6-9,11-18,20-23,32,37H,5,10,19H2. The lowest BCUT2D eigenvalue weighted by Crippen LogP contribution is -1.99. The summed E-state index contributed by atoms with van der Waals surface area (Å²) < 4.78 is 0. The fraction of sp³-hybridized carbons (Fsp3) is 0.111. The second-order valence-electron chi connectivity index (χ2n) is 10.1. The molecule has 178 valence electrons. The number of hydrogen-bond acceptors (Lipinski definition) is 1. The third kappa shape index (κ3) is 3.84. The van der Waals surface area contributed by atoms with Crippen LogP contribution in [0.2, 0.25) is 0 Å². The molecule has 0 aromatic heterocycles. The average molecular weight is 477 g/mol. The molecule has 0 aliphatic heterocycles.